The van der Waals surface area contributed by atoms with Crippen LogP contribution >= 0.6 is 0 Å². The molecule has 0 fully saturated rings. The van der Waals surface area contributed by atoms with Crippen LogP contribution in [0.15, 0.2) is 41.2 Å². The number of hydrogen-bond donors (Lipinski definition) is 0. The maximum Gasteiger partial charge on any atom is 0.416 e. The van der Waals surface area contributed by atoms with Crippen LogP contribution in [0.4, 0.5) is 13.2 Å². The molecule has 0 saturated carbocycles. The fraction of sp³-hybridized carbons (Fsp3) is 0.409. The highest BCUT2D eigenvalue weighted by atomic mass is 32.2. The largest absolute Gasteiger partial charge is 0.493 e. The average molecular weight is 487 g/mol. The number of imidazole rings is 1. The van der Waals surface area contributed by atoms with Gasteiger partial charge < -0.3 is 9.47 Å². The molecule has 180 valence electrons. The number of halogens is 3. The summed E-state index contributed by atoms with van der Waals surface area (Å²) in [7, 11) is -2.13. The number of sulfone groups is 1. The molecule has 3 rings (SSSR count). The van der Waals surface area contributed by atoms with Crippen LogP contribution in [-0.4, -0.2) is 43.3 Å². The molecule has 3 aromatic rings. The third-order valence-electron chi connectivity index (χ3n) is 5.25. The molecule has 7 nitrogen and oxygen atoms in total. The molecule has 2 aromatic carbocycles. The molecule has 0 aliphatic heterocycles. The molecule has 1 atom stereocenters. The Morgan fingerprint density at radius 3 is 2.27 bits per heavy atom. The average Bonchev–Trinajstić information content (AvgIpc) is 3.01. The number of methoxy groups -OCH3 is 1. The molecule has 0 spiro atoms. The number of rotatable bonds is 8. The van der Waals surface area contributed by atoms with Gasteiger partial charge >= 0.3 is 11.9 Å². The van der Waals surface area contributed by atoms with Crippen molar-refractivity contribution in [1.29, 1.82) is 0 Å². The molecule has 11 heteroatoms. The fourth-order valence-electron chi connectivity index (χ4n) is 3.84. The molecule has 33 heavy (non-hydrogen) atoms. The van der Waals surface area contributed by atoms with Gasteiger partial charge in [0.2, 0.25) is 0 Å². The van der Waals surface area contributed by atoms with E-state index in [1.807, 2.05) is 0 Å². The van der Waals surface area contributed by atoms with Crippen molar-refractivity contribution in [3.05, 3.63) is 58.0 Å². The Morgan fingerprint density at radius 2 is 1.73 bits per heavy atom. The summed E-state index contributed by atoms with van der Waals surface area (Å²) in [4.78, 5) is 13.3. The maximum absolute atomic E-state index is 13.3. The van der Waals surface area contributed by atoms with E-state index in [9.17, 15) is 26.4 Å². The Labute approximate surface area is 189 Å². The molecule has 0 unspecified atom stereocenters. The number of benzene rings is 2. The number of fused-ring (bicyclic) bond motifs is 1. The van der Waals surface area contributed by atoms with Gasteiger partial charge in [-0.05, 0) is 49.7 Å². The summed E-state index contributed by atoms with van der Waals surface area (Å²) in [5.74, 6) is 0.355. The van der Waals surface area contributed by atoms with E-state index in [0.717, 1.165) is 18.4 Å². The Hall–Kier alpha value is -2.95. The van der Waals surface area contributed by atoms with Gasteiger partial charge in [-0.15, -0.1) is 0 Å². The number of ether oxygens (including phenoxy) is 2. The Morgan fingerprint density at radius 1 is 1.03 bits per heavy atom. The van der Waals surface area contributed by atoms with Crippen molar-refractivity contribution in [3.63, 3.8) is 0 Å². The van der Waals surface area contributed by atoms with Crippen molar-refractivity contribution in [2.24, 2.45) is 0 Å². The number of aromatic nitrogens is 2. The Kier molecular flexibility index (Phi) is 6.83. The normalized spacial score (nSPS) is 13.3. The molecule has 1 heterocycles. The van der Waals surface area contributed by atoms with Gasteiger partial charge in [-0.2, -0.15) is 13.2 Å². The zero-order valence-corrected chi connectivity index (χ0v) is 19.5. The van der Waals surface area contributed by atoms with Crippen LogP contribution < -0.4 is 15.2 Å². The van der Waals surface area contributed by atoms with E-state index in [4.69, 9.17) is 9.47 Å². The van der Waals surface area contributed by atoms with Crippen molar-refractivity contribution in [2.45, 2.75) is 32.6 Å². The molecule has 0 amide bonds. The lowest BCUT2D eigenvalue weighted by molar-refractivity contribution is -0.137. The van der Waals surface area contributed by atoms with Gasteiger partial charge in [0.15, 0.2) is 11.5 Å². The summed E-state index contributed by atoms with van der Waals surface area (Å²) in [5.41, 5.74) is -0.764. The van der Waals surface area contributed by atoms with Crippen LogP contribution in [0.3, 0.4) is 0 Å². The van der Waals surface area contributed by atoms with Gasteiger partial charge in [-0.25, -0.2) is 13.2 Å². The summed E-state index contributed by atoms with van der Waals surface area (Å²) >= 11 is 0. The minimum atomic E-state index is -4.58. The van der Waals surface area contributed by atoms with Crippen LogP contribution in [-0.2, 0) is 22.6 Å². The standard InChI is InChI=1S/C22H25F3N2O5S/c1-5-26-17-12-15(22(23,24)25)8-9-16(17)27(21(26)28)18(13-33(4,29)30)14-7-10-19(31-3)20(11-14)32-6-2/h7-12,18H,5-6,13H2,1-4H3/t18-/m0/s1. The first kappa shape index (κ1) is 24.7. The lowest BCUT2D eigenvalue weighted by Crippen LogP contribution is -2.31. The summed E-state index contributed by atoms with van der Waals surface area (Å²) in [5, 5.41) is 0. The van der Waals surface area contributed by atoms with Gasteiger partial charge in [0.1, 0.15) is 9.84 Å². The van der Waals surface area contributed by atoms with Crippen molar-refractivity contribution in [3.8, 4) is 11.5 Å². The van der Waals surface area contributed by atoms with Crippen LogP contribution in [0, 0.1) is 0 Å². The van der Waals surface area contributed by atoms with Gasteiger partial charge in [0.25, 0.3) is 0 Å². The predicted molar refractivity (Wildman–Crippen MR) is 119 cm³/mol. The van der Waals surface area contributed by atoms with E-state index in [1.165, 1.54) is 22.3 Å². The third kappa shape index (κ3) is 5.02. The van der Waals surface area contributed by atoms with Gasteiger partial charge in [-0.3, -0.25) is 9.13 Å². The van der Waals surface area contributed by atoms with E-state index < -0.39 is 39.1 Å². The quantitative estimate of drug-likeness (QED) is 0.483. The highest BCUT2D eigenvalue weighted by Crippen LogP contribution is 2.35. The van der Waals surface area contributed by atoms with Crippen molar-refractivity contribution >= 4 is 20.9 Å². The van der Waals surface area contributed by atoms with Gasteiger partial charge in [0.05, 0.1) is 42.1 Å². The topological polar surface area (TPSA) is 79.5 Å². The second-order valence-corrected chi connectivity index (χ2v) is 9.73. The smallest absolute Gasteiger partial charge is 0.416 e. The second-order valence-electron chi connectivity index (χ2n) is 7.55. The molecule has 0 bridgehead atoms. The van der Waals surface area contributed by atoms with E-state index in [1.54, 1.807) is 32.0 Å². The van der Waals surface area contributed by atoms with Crippen LogP contribution in [0.1, 0.15) is 31.0 Å². The first-order chi connectivity index (χ1) is 15.4. The zero-order chi connectivity index (χ0) is 24.6. The summed E-state index contributed by atoms with van der Waals surface area (Å²) < 4.78 is 77.8. The first-order valence-electron chi connectivity index (χ1n) is 10.2. The van der Waals surface area contributed by atoms with Crippen molar-refractivity contribution in [2.75, 3.05) is 25.7 Å². The van der Waals surface area contributed by atoms with Gasteiger partial charge in [0, 0.05) is 12.8 Å². The molecule has 0 aliphatic carbocycles. The van der Waals surface area contributed by atoms with Crippen LogP contribution in [0.2, 0.25) is 0 Å². The van der Waals surface area contributed by atoms with E-state index in [-0.39, 0.29) is 17.6 Å². The Balaban J connectivity index is 2.32. The van der Waals surface area contributed by atoms with Crippen LogP contribution in [0.25, 0.3) is 11.0 Å². The molecular weight excluding hydrogens is 461 g/mol. The lowest BCUT2D eigenvalue weighted by atomic mass is 10.1. The van der Waals surface area contributed by atoms with E-state index in [2.05, 4.69) is 0 Å². The molecular formula is C22H25F3N2O5S. The van der Waals surface area contributed by atoms with Crippen molar-refractivity contribution in [1.82, 2.24) is 9.13 Å². The minimum Gasteiger partial charge on any atom is -0.493 e. The monoisotopic (exact) mass is 486 g/mol. The van der Waals surface area contributed by atoms with Crippen molar-refractivity contribution < 1.29 is 31.1 Å². The summed E-state index contributed by atoms with van der Waals surface area (Å²) in [6.45, 7) is 3.85. The third-order valence-corrected chi connectivity index (χ3v) is 6.17. The summed E-state index contributed by atoms with van der Waals surface area (Å²) in [6, 6.07) is 6.80. The highest BCUT2D eigenvalue weighted by molar-refractivity contribution is 7.90. The molecule has 1 aromatic heterocycles. The lowest BCUT2D eigenvalue weighted by Gasteiger charge is -2.20. The van der Waals surface area contributed by atoms with E-state index in [0.29, 0.717) is 23.7 Å². The summed E-state index contributed by atoms with van der Waals surface area (Å²) in [6.07, 6.45) is -3.54. The minimum absolute atomic E-state index is 0.0781. The number of aryl methyl sites for hydroxylation is 1. The van der Waals surface area contributed by atoms with Crippen LogP contribution in [0.5, 0.6) is 11.5 Å². The molecule has 0 saturated heterocycles. The second kappa shape index (κ2) is 9.12. The number of nitrogens with zero attached hydrogens (tertiary/aromatic N) is 2. The maximum atomic E-state index is 13.3. The molecule has 0 radical (unpaired) electrons. The Bertz CT molecular complexity index is 1330. The number of hydrogen-bond acceptors (Lipinski definition) is 5. The first-order valence-corrected chi connectivity index (χ1v) is 12.3. The van der Waals surface area contributed by atoms with Gasteiger partial charge in [-0.1, -0.05) is 6.07 Å². The number of alkyl halides is 3. The molecule has 0 aliphatic rings. The SMILES string of the molecule is CCOc1cc([C@H](CS(C)(=O)=O)n2c(=O)n(CC)c3cc(C(F)(F)F)ccc32)ccc1OC. The fourth-order valence-corrected chi connectivity index (χ4v) is 4.75. The van der Waals surface area contributed by atoms with E-state index >= 15 is 0 Å². The molecule has 0 N–H and O–H groups in total. The highest BCUT2D eigenvalue weighted by Gasteiger charge is 2.32. The zero-order valence-electron chi connectivity index (χ0n) is 18.6. The predicted octanol–water partition coefficient (Wildman–Crippen LogP) is 3.88.